The number of sulfonamides is 1. The average molecular weight is 393 g/mol. The van der Waals surface area contributed by atoms with Crippen LogP contribution in [0.15, 0.2) is 23.1 Å². The Bertz CT molecular complexity index is 815. The Kier molecular flexibility index (Phi) is 4.86. The van der Waals surface area contributed by atoms with Gasteiger partial charge in [-0.3, -0.25) is 15.0 Å². The number of rotatable bonds is 6. The normalized spacial score (nSPS) is 23.6. The van der Waals surface area contributed by atoms with Gasteiger partial charge in [0.05, 0.1) is 41.7 Å². The Morgan fingerprint density at radius 2 is 2.12 bits per heavy atom. The number of benzene rings is 1. The van der Waals surface area contributed by atoms with E-state index in [1.165, 1.54) is 0 Å². The lowest BCUT2D eigenvalue weighted by molar-refractivity contribution is -0.386. The van der Waals surface area contributed by atoms with Crippen LogP contribution in [0.5, 0.6) is 5.75 Å². The average Bonchev–Trinajstić information content (AvgIpc) is 2.76. The zero-order chi connectivity index (χ0) is 19.1. The summed E-state index contributed by atoms with van der Waals surface area (Å²) in [6, 6.07) is 2.19. The summed E-state index contributed by atoms with van der Waals surface area (Å²) in [6.07, 6.45) is -0.424. The minimum absolute atomic E-state index is 0.128. The molecule has 144 valence electrons. The van der Waals surface area contributed by atoms with E-state index in [4.69, 9.17) is 14.6 Å². The van der Waals surface area contributed by atoms with Gasteiger partial charge < -0.3 is 9.47 Å². The number of ether oxygens (including phenoxy) is 2. The zero-order valence-corrected chi connectivity index (χ0v) is 14.3. The maximum Gasteiger partial charge on any atom is 0.312 e. The molecule has 2 aliphatic heterocycles. The third-order valence-corrected chi connectivity index (χ3v) is 5.30. The second kappa shape index (κ2) is 6.68. The van der Waals surface area contributed by atoms with Crippen molar-refractivity contribution in [3.8, 4) is 5.75 Å². The van der Waals surface area contributed by atoms with Gasteiger partial charge >= 0.3 is 5.69 Å². The van der Waals surface area contributed by atoms with Gasteiger partial charge in [-0.15, -0.1) is 0 Å². The molecular weight excluding hydrogens is 376 g/mol. The molecule has 0 amide bonds. The molecule has 0 aromatic heterocycles. The van der Waals surface area contributed by atoms with E-state index in [0.29, 0.717) is 13.2 Å². The summed E-state index contributed by atoms with van der Waals surface area (Å²) in [6.45, 7) is 0.106. The van der Waals surface area contributed by atoms with Crippen LogP contribution in [0.3, 0.4) is 0 Å². The first-order valence-electron chi connectivity index (χ1n) is 7.72. The van der Waals surface area contributed by atoms with Crippen LogP contribution in [-0.2, 0) is 14.8 Å². The number of nitrogens with zero attached hydrogens (tertiary/aromatic N) is 2. The van der Waals surface area contributed by atoms with Gasteiger partial charge in [0.1, 0.15) is 6.61 Å². The monoisotopic (exact) mass is 393 g/mol. The van der Waals surface area contributed by atoms with Crippen LogP contribution < -0.4 is 9.88 Å². The van der Waals surface area contributed by atoms with Gasteiger partial charge in [0.2, 0.25) is 10.0 Å². The van der Waals surface area contributed by atoms with E-state index in [2.05, 4.69) is 0 Å². The summed E-state index contributed by atoms with van der Waals surface area (Å²) in [5.74, 6) is -3.07. The number of likely N-dealkylation sites (tertiary alicyclic amines) is 1. The summed E-state index contributed by atoms with van der Waals surface area (Å²) in [5, 5.41) is 16.1. The van der Waals surface area contributed by atoms with Gasteiger partial charge in [-0.25, -0.2) is 22.3 Å². The highest BCUT2D eigenvalue weighted by Gasteiger charge is 2.49. The summed E-state index contributed by atoms with van der Waals surface area (Å²) in [4.78, 5) is 11.5. The topological polar surface area (TPSA) is 125 Å². The first-order valence-corrected chi connectivity index (χ1v) is 9.27. The van der Waals surface area contributed by atoms with Gasteiger partial charge in [-0.1, -0.05) is 0 Å². The van der Waals surface area contributed by atoms with Crippen molar-refractivity contribution < 1.29 is 31.6 Å². The molecule has 2 saturated heterocycles. The van der Waals surface area contributed by atoms with Crippen LogP contribution in [0.1, 0.15) is 6.42 Å². The van der Waals surface area contributed by atoms with E-state index in [1.807, 2.05) is 0 Å². The van der Waals surface area contributed by atoms with E-state index in [9.17, 15) is 27.3 Å². The zero-order valence-electron chi connectivity index (χ0n) is 13.5. The molecule has 0 bridgehead atoms. The molecule has 1 aromatic rings. The minimum Gasteiger partial charge on any atom is -0.485 e. The Morgan fingerprint density at radius 1 is 1.42 bits per heavy atom. The van der Waals surface area contributed by atoms with Crippen LogP contribution in [0.4, 0.5) is 14.5 Å². The van der Waals surface area contributed by atoms with Gasteiger partial charge in [0.15, 0.2) is 5.75 Å². The summed E-state index contributed by atoms with van der Waals surface area (Å²) in [5.41, 5.74) is -0.597. The van der Waals surface area contributed by atoms with Crippen molar-refractivity contribution in [3.05, 3.63) is 28.3 Å². The summed E-state index contributed by atoms with van der Waals surface area (Å²) < 4.78 is 60.6. The van der Waals surface area contributed by atoms with Crippen molar-refractivity contribution in [1.82, 2.24) is 4.90 Å². The maximum atomic E-state index is 13.8. The Labute approximate surface area is 147 Å². The number of halogens is 2. The summed E-state index contributed by atoms with van der Waals surface area (Å²) >= 11 is 0. The number of alkyl halides is 2. The molecule has 0 radical (unpaired) electrons. The SMILES string of the molecule is NS(=O)(=O)c1ccc(OC[C@@H]2CC(F)(F)CN2C2COC2)c([N+](=O)[O-])c1. The number of hydrogen-bond acceptors (Lipinski definition) is 7. The number of primary sulfonamides is 1. The molecule has 9 nitrogen and oxygen atoms in total. The number of nitrogens with two attached hydrogens (primary N) is 1. The molecule has 3 rings (SSSR count). The Balaban J connectivity index is 1.77. The van der Waals surface area contributed by atoms with Crippen molar-refractivity contribution in [1.29, 1.82) is 0 Å². The first-order chi connectivity index (χ1) is 12.1. The van der Waals surface area contributed by atoms with Crippen LogP contribution in [0, 0.1) is 10.1 Å². The third kappa shape index (κ3) is 3.92. The predicted octanol–water partition coefficient (Wildman–Crippen LogP) is 0.729. The molecule has 1 atom stereocenters. The predicted molar refractivity (Wildman–Crippen MR) is 84.6 cm³/mol. The van der Waals surface area contributed by atoms with Crippen molar-refractivity contribution >= 4 is 15.7 Å². The fourth-order valence-corrected chi connectivity index (χ4v) is 3.58. The Hall–Kier alpha value is -1.89. The molecule has 2 heterocycles. The van der Waals surface area contributed by atoms with Gasteiger partial charge in [0.25, 0.3) is 5.92 Å². The fraction of sp³-hybridized carbons (Fsp3) is 0.571. The lowest BCUT2D eigenvalue weighted by atomic mass is 10.1. The molecule has 2 N–H and O–H groups in total. The van der Waals surface area contributed by atoms with Crippen molar-refractivity contribution in [2.75, 3.05) is 26.4 Å². The molecule has 12 heteroatoms. The molecule has 2 aliphatic rings. The lowest BCUT2D eigenvalue weighted by Crippen LogP contribution is -2.52. The Morgan fingerprint density at radius 3 is 2.65 bits per heavy atom. The standard InChI is InChI=1S/C14H17F2N3O6S/c15-14(16)4-9(18(8-14)10-5-24-6-10)7-25-13-2-1-11(26(17,22)23)3-12(13)19(20)21/h1-3,9-10H,4-8H2,(H2,17,22,23)/t9-/m0/s1. The fourth-order valence-electron chi connectivity index (χ4n) is 3.04. The van der Waals surface area contributed by atoms with E-state index in [0.717, 1.165) is 18.2 Å². The second-order valence-corrected chi connectivity index (χ2v) is 7.88. The first kappa shape index (κ1) is 18.9. The maximum absolute atomic E-state index is 13.8. The van der Waals surface area contributed by atoms with Crippen molar-refractivity contribution in [2.24, 2.45) is 5.14 Å². The van der Waals surface area contributed by atoms with Gasteiger partial charge in [0, 0.05) is 12.5 Å². The minimum atomic E-state index is -4.12. The van der Waals surface area contributed by atoms with Crippen LogP contribution in [0.25, 0.3) is 0 Å². The van der Waals surface area contributed by atoms with Crippen LogP contribution in [0.2, 0.25) is 0 Å². The third-order valence-electron chi connectivity index (χ3n) is 4.39. The molecule has 0 saturated carbocycles. The molecule has 1 aromatic carbocycles. The number of nitro benzene ring substituents is 1. The number of hydrogen-bond donors (Lipinski definition) is 1. The molecule has 0 unspecified atom stereocenters. The molecular formula is C14H17F2N3O6S. The second-order valence-electron chi connectivity index (χ2n) is 6.32. The largest absolute Gasteiger partial charge is 0.485 e. The molecule has 26 heavy (non-hydrogen) atoms. The number of nitro groups is 1. The van der Waals surface area contributed by atoms with E-state index >= 15 is 0 Å². The van der Waals surface area contributed by atoms with Gasteiger partial charge in [-0.05, 0) is 12.1 Å². The van der Waals surface area contributed by atoms with Crippen molar-refractivity contribution in [3.63, 3.8) is 0 Å². The highest BCUT2D eigenvalue weighted by Crippen LogP contribution is 2.36. The lowest BCUT2D eigenvalue weighted by Gasteiger charge is -2.37. The van der Waals surface area contributed by atoms with E-state index < -0.39 is 50.5 Å². The molecule has 2 fully saturated rings. The highest BCUT2D eigenvalue weighted by atomic mass is 32.2. The molecule has 0 spiro atoms. The van der Waals surface area contributed by atoms with Crippen molar-refractivity contribution in [2.45, 2.75) is 29.3 Å². The quantitative estimate of drug-likeness (QED) is 0.558. The molecule has 0 aliphatic carbocycles. The summed E-state index contributed by atoms with van der Waals surface area (Å²) in [7, 11) is -4.12. The van der Waals surface area contributed by atoms with Gasteiger partial charge in [-0.2, -0.15) is 0 Å². The van der Waals surface area contributed by atoms with E-state index in [1.54, 1.807) is 4.90 Å². The highest BCUT2D eigenvalue weighted by molar-refractivity contribution is 7.89. The smallest absolute Gasteiger partial charge is 0.312 e. The van der Waals surface area contributed by atoms with Crippen LogP contribution >= 0.6 is 0 Å². The van der Waals surface area contributed by atoms with E-state index in [-0.39, 0.29) is 18.4 Å². The van der Waals surface area contributed by atoms with Crippen LogP contribution in [-0.4, -0.2) is 62.6 Å².